The molecule has 0 spiro atoms. The van der Waals surface area contributed by atoms with Crippen molar-refractivity contribution in [2.45, 2.75) is 39.3 Å². The van der Waals surface area contributed by atoms with Gasteiger partial charge in [0.1, 0.15) is 11.4 Å². The molecule has 0 aromatic heterocycles. The molecule has 1 aliphatic heterocycles. The van der Waals surface area contributed by atoms with Gasteiger partial charge in [0.05, 0.1) is 0 Å². The molecule has 19 heavy (non-hydrogen) atoms. The second-order valence-corrected chi connectivity index (χ2v) is 5.84. The molecule has 0 saturated heterocycles. The van der Waals surface area contributed by atoms with Gasteiger partial charge in [-0.15, -0.1) is 0 Å². The van der Waals surface area contributed by atoms with Crippen LogP contribution >= 0.6 is 0 Å². The zero-order valence-electron chi connectivity index (χ0n) is 12.5. The summed E-state index contributed by atoms with van der Waals surface area (Å²) in [5.74, 6) is 0.945. The molecule has 1 aromatic carbocycles. The lowest BCUT2D eigenvalue weighted by Gasteiger charge is -2.33. The van der Waals surface area contributed by atoms with Crippen LogP contribution in [-0.4, -0.2) is 18.7 Å². The van der Waals surface area contributed by atoms with Crippen molar-refractivity contribution in [2.75, 3.05) is 11.9 Å². The Morgan fingerprint density at radius 2 is 2.00 bits per heavy atom. The minimum atomic E-state index is -0.316. The van der Waals surface area contributed by atoms with E-state index in [1.165, 1.54) is 5.69 Å². The Hall–Kier alpha value is -1.70. The fourth-order valence-electron chi connectivity index (χ4n) is 2.23. The summed E-state index contributed by atoms with van der Waals surface area (Å²) in [6, 6.07) is 6.84. The van der Waals surface area contributed by atoms with E-state index in [1.807, 2.05) is 6.08 Å². The average Bonchev–Trinajstić information content (AvgIpc) is 2.35. The van der Waals surface area contributed by atoms with Gasteiger partial charge in [-0.2, -0.15) is 0 Å². The number of benzene rings is 1. The van der Waals surface area contributed by atoms with Gasteiger partial charge in [-0.25, -0.2) is 0 Å². The van der Waals surface area contributed by atoms with E-state index in [1.54, 1.807) is 0 Å². The molecule has 0 unspecified atom stereocenters. The molecule has 0 radical (unpaired) electrons. The predicted molar refractivity (Wildman–Crippen MR) is 82.9 cm³/mol. The monoisotopic (exact) mass is 257 g/mol. The molecule has 0 fully saturated rings. The standard InChI is InChI=1S/C17H23NO/c1-7-14-10-13-8-9-15(18(6)12(2)3)11-16(13)19-17(14,4)5/h7-12H,1H2,2-6H3. The molecule has 1 heterocycles. The van der Waals surface area contributed by atoms with E-state index in [-0.39, 0.29) is 5.60 Å². The zero-order valence-corrected chi connectivity index (χ0v) is 12.5. The predicted octanol–water partition coefficient (Wildman–Crippen LogP) is 4.27. The number of ether oxygens (including phenoxy) is 1. The molecule has 0 aliphatic carbocycles. The van der Waals surface area contributed by atoms with Crippen LogP contribution in [0.5, 0.6) is 5.75 Å². The number of hydrogen-bond donors (Lipinski definition) is 0. The van der Waals surface area contributed by atoms with Crippen molar-refractivity contribution >= 4 is 11.8 Å². The normalized spacial score (nSPS) is 16.4. The Kier molecular flexibility index (Phi) is 3.44. The molecule has 0 atom stereocenters. The Balaban J connectivity index is 2.44. The molecule has 2 heteroatoms. The van der Waals surface area contributed by atoms with Crippen LogP contribution in [0.15, 0.2) is 36.4 Å². The highest BCUT2D eigenvalue weighted by Gasteiger charge is 2.28. The topological polar surface area (TPSA) is 12.5 Å². The number of rotatable bonds is 3. The van der Waals surface area contributed by atoms with Crippen molar-refractivity contribution < 1.29 is 4.74 Å². The summed E-state index contributed by atoms with van der Waals surface area (Å²) in [6.07, 6.45) is 4.03. The largest absolute Gasteiger partial charge is 0.482 e. The second kappa shape index (κ2) is 4.76. The number of fused-ring (bicyclic) bond motifs is 1. The molecular formula is C17H23NO. The van der Waals surface area contributed by atoms with E-state index in [4.69, 9.17) is 4.74 Å². The molecule has 0 saturated carbocycles. The van der Waals surface area contributed by atoms with Gasteiger partial charge in [-0.3, -0.25) is 0 Å². The van der Waals surface area contributed by atoms with Gasteiger partial charge < -0.3 is 9.64 Å². The van der Waals surface area contributed by atoms with E-state index < -0.39 is 0 Å². The van der Waals surface area contributed by atoms with E-state index in [0.717, 1.165) is 16.9 Å². The molecule has 2 nitrogen and oxygen atoms in total. The molecule has 1 aliphatic rings. The van der Waals surface area contributed by atoms with Gasteiger partial charge in [0.15, 0.2) is 0 Å². The Morgan fingerprint density at radius 3 is 2.58 bits per heavy atom. The van der Waals surface area contributed by atoms with Gasteiger partial charge in [0.2, 0.25) is 0 Å². The van der Waals surface area contributed by atoms with Gasteiger partial charge in [-0.05, 0) is 51.5 Å². The highest BCUT2D eigenvalue weighted by atomic mass is 16.5. The highest BCUT2D eigenvalue weighted by molar-refractivity contribution is 5.69. The Labute approximate surface area is 116 Å². The van der Waals surface area contributed by atoms with Crippen LogP contribution in [0.2, 0.25) is 0 Å². The van der Waals surface area contributed by atoms with Crippen molar-refractivity contribution in [2.24, 2.45) is 0 Å². The van der Waals surface area contributed by atoms with Crippen LogP contribution in [0, 0.1) is 0 Å². The van der Waals surface area contributed by atoms with Crippen LogP contribution in [0.1, 0.15) is 33.3 Å². The third-order valence-electron chi connectivity index (χ3n) is 3.77. The van der Waals surface area contributed by atoms with Crippen LogP contribution < -0.4 is 9.64 Å². The maximum Gasteiger partial charge on any atom is 0.129 e. The highest BCUT2D eigenvalue weighted by Crippen LogP contribution is 2.38. The first-order valence-electron chi connectivity index (χ1n) is 6.75. The molecule has 0 N–H and O–H groups in total. The second-order valence-electron chi connectivity index (χ2n) is 5.84. The molecule has 1 aromatic rings. The molecule has 0 bridgehead atoms. The van der Waals surface area contributed by atoms with Crippen LogP contribution in [-0.2, 0) is 0 Å². The quantitative estimate of drug-likeness (QED) is 0.801. The van der Waals surface area contributed by atoms with E-state index in [9.17, 15) is 0 Å². The lowest BCUT2D eigenvalue weighted by molar-refractivity contribution is 0.149. The summed E-state index contributed by atoms with van der Waals surface area (Å²) < 4.78 is 6.13. The summed E-state index contributed by atoms with van der Waals surface area (Å²) in [6.45, 7) is 12.4. The number of nitrogens with zero attached hydrogens (tertiary/aromatic N) is 1. The van der Waals surface area contributed by atoms with Gasteiger partial charge in [0.25, 0.3) is 0 Å². The summed E-state index contributed by atoms with van der Waals surface area (Å²) in [4.78, 5) is 2.24. The van der Waals surface area contributed by atoms with Crippen molar-refractivity contribution in [1.82, 2.24) is 0 Å². The fourth-order valence-corrected chi connectivity index (χ4v) is 2.23. The Bertz CT molecular complexity index is 526. The van der Waals surface area contributed by atoms with Crippen molar-refractivity contribution in [1.29, 1.82) is 0 Å². The minimum Gasteiger partial charge on any atom is -0.482 e. The van der Waals surface area contributed by atoms with Crippen molar-refractivity contribution in [3.8, 4) is 5.75 Å². The van der Waals surface area contributed by atoms with E-state index in [2.05, 4.69) is 70.5 Å². The van der Waals surface area contributed by atoms with Gasteiger partial charge in [0, 0.05) is 30.4 Å². The van der Waals surface area contributed by atoms with Crippen LogP contribution in [0.3, 0.4) is 0 Å². The van der Waals surface area contributed by atoms with Crippen molar-refractivity contribution in [3.63, 3.8) is 0 Å². The Morgan fingerprint density at radius 1 is 1.32 bits per heavy atom. The zero-order chi connectivity index (χ0) is 14.2. The lowest BCUT2D eigenvalue weighted by Crippen LogP contribution is -2.32. The first kappa shape index (κ1) is 13.7. The first-order valence-corrected chi connectivity index (χ1v) is 6.75. The van der Waals surface area contributed by atoms with Crippen LogP contribution in [0.4, 0.5) is 5.69 Å². The minimum absolute atomic E-state index is 0.316. The summed E-state index contributed by atoms with van der Waals surface area (Å²) in [5.41, 5.74) is 3.10. The summed E-state index contributed by atoms with van der Waals surface area (Å²) in [7, 11) is 2.10. The number of hydrogen-bond acceptors (Lipinski definition) is 2. The SMILES string of the molecule is C=CC1=Cc2ccc(N(C)C(C)C)cc2OC1(C)C. The van der Waals surface area contributed by atoms with E-state index in [0.29, 0.717) is 6.04 Å². The summed E-state index contributed by atoms with van der Waals surface area (Å²) >= 11 is 0. The molecular weight excluding hydrogens is 234 g/mol. The van der Waals surface area contributed by atoms with Crippen molar-refractivity contribution in [3.05, 3.63) is 42.0 Å². The maximum atomic E-state index is 6.13. The fraction of sp³-hybridized carbons (Fsp3) is 0.412. The third kappa shape index (κ3) is 2.53. The molecule has 2 rings (SSSR count). The van der Waals surface area contributed by atoms with E-state index >= 15 is 0 Å². The molecule has 0 amide bonds. The lowest BCUT2D eigenvalue weighted by atomic mass is 9.92. The van der Waals surface area contributed by atoms with Gasteiger partial charge >= 0.3 is 0 Å². The maximum absolute atomic E-state index is 6.13. The number of anilines is 1. The third-order valence-corrected chi connectivity index (χ3v) is 3.77. The smallest absolute Gasteiger partial charge is 0.129 e. The first-order chi connectivity index (χ1) is 8.85. The van der Waals surface area contributed by atoms with Gasteiger partial charge in [-0.1, -0.05) is 12.7 Å². The summed E-state index contributed by atoms with van der Waals surface area (Å²) in [5, 5.41) is 0. The van der Waals surface area contributed by atoms with Crippen LogP contribution in [0.25, 0.3) is 6.08 Å². The average molecular weight is 257 g/mol. The molecule has 102 valence electrons.